The van der Waals surface area contributed by atoms with Crippen LogP contribution in [0.3, 0.4) is 0 Å². The molecule has 0 fully saturated rings. The number of carbonyl (C=O) groups excluding carboxylic acids is 1. The van der Waals surface area contributed by atoms with Crippen LogP contribution in [0.5, 0.6) is 5.75 Å². The van der Waals surface area contributed by atoms with Crippen LogP contribution in [-0.2, 0) is 16.1 Å². The Morgan fingerprint density at radius 2 is 1.73 bits per heavy atom. The summed E-state index contributed by atoms with van der Waals surface area (Å²) in [4.78, 5) is 11.7. The topological polar surface area (TPSA) is 35.5 Å². The minimum Gasteiger partial charge on any atom is -0.494 e. The highest BCUT2D eigenvalue weighted by Gasteiger charge is 2.04. The van der Waals surface area contributed by atoms with E-state index in [4.69, 9.17) is 9.47 Å². The van der Waals surface area contributed by atoms with Gasteiger partial charge in [0, 0.05) is 6.42 Å². The normalized spacial score (nSPS) is 10.5. The molecule has 0 N–H and O–H groups in total. The molecule has 0 spiro atoms. The van der Waals surface area contributed by atoms with Crippen molar-refractivity contribution in [3.8, 4) is 5.75 Å². The third kappa shape index (κ3) is 8.71. The molecule has 0 atom stereocenters. The highest BCUT2D eigenvalue weighted by Crippen LogP contribution is 2.14. The molecule has 0 amide bonds. The van der Waals surface area contributed by atoms with Gasteiger partial charge in [-0.3, -0.25) is 4.79 Å². The van der Waals surface area contributed by atoms with Crippen molar-refractivity contribution in [2.24, 2.45) is 0 Å². The summed E-state index contributed by atoms with van der Waals surface area (Å²) in [5, 5.41) is 0. The van der Waals surface area contributed by atoms with Crippen LogP contribution < -0.4 is 4.74 Å². The molecule has 0 aliphatic rings. The molecule has 3 heteroatoms. The predicted molar refractivity (Wildman–Crippen MR) is 90.0 cm³/mol. The van der Waals surface area contributed by atoms with Crippen LogP contribution in [0.25, 0.3) is 0 Å². The molecular formula is C19H30O3. The van der Waals surface area contributed by atoms with Crippen LogP contribution in [0, 0.1) is 0 Å². The molecule has 3 nitrogen and oxygen atoms in total. The molecule has 0 saturated heterocycles. The maximum atomic E-state index is 11.7. The number of benzene rings is 1. The second-order valence-electron chi connectivity index (χ2n) is 5.61. The summed E-state index contributed by atoms with van der Waals surface area (Å²) in [6.45, 7) is 5.15. The molecule has 0 bridgehead atoms. The van der Waals surface area contributed by atoms with E-state index >= 15 is 0 Å². The number of hydrogen-bond acceptors (Lipinski definition) is 3. The fourth-order valence-corrected chi connectivity index (χ4v) is 2.35. The summed E-state index contributed by atoms with van der Waals surface area (Å²) in [7, 11) is 0. The highest BCUT2D eigenvalue weighted by atomic mass is 16.5. The van der Waals surface area contributed by atoms with Gasteiger partial charge in [0.15, 0.2) is 0 Å². The van der Waals surface area contributed by atoms with Gasteiger partial charge in [0.05, 0.1) is 6.61 Å². The lowest BCUT2D eigenvalue weighted by Gasteiger charge is -2.07. The van der Waals surface area contributed by atoms with Crippen molar-refractivity contribution in [2.75, 3.05) is 6.61 Å². The van der Waals surface area contributed by atoms with Crippen molar-refractivity contribution in [2.45, 2.75) is 71.8 Å². The van der Waals surface area contributed by atoms with Gasteiger partial charge in [-0.15, -0.1) is 0 Å². The van der Waals surface area contributed by atoms with Crippen molar-refractivity contribution in [3.05, 3.63) is 29.8 Å². The third-order valence-electron chi connectivity index (χ3n) is 3.59. The van der Waals surface area contributed by atoms with Crippen molar-refractivity contribution in [1.82, 2.24) is 0 Å². The Morgan fingerprint density at radius 1 is 1.00 bits per heavy atom. The zero-order valence-corrected chi connectivity index (χ0v) is 14.1. The monoisotopic (exact) mass is 306 g/mol. The van der Waals surface area contributed by atoms with E-state index in [1.807, 2.05) is 31.2 Å². The molecule has 1 rings (SSSR count). The minimum atomic E-state index is -0.102. The number of esters is 1. The molecule has 0 unspecified atom stereocenters. The number of hydrogen-bond donors (Lipinski definition) is 0. The lowest BCUT2D eigenvalue weighted by molar-refractivity contribution is -0.145. The van der Waals surface area contributed by atoms with Gasteiger partial charge in [0.1, 0.15) is 12.4 Å². The fourth-order valence-electron chi connectivity index (χ4n) is 2.35. The summed E-state index contributed by atoms with van der Waals surface area (Å²) >= 11 is 0. The molecule has 0 saturated carbocycles. The Balaban J connectivity index is 2.11. The maximum Gasteiger partial charge on any atom is 0.306 e. The zero-order chi connectivity index (χ0) is 16.0. The quantitative estimate of drug-likeness (QED) is 0.390. The maximum absolute atomic E-state index is 11.7. The first-order valence-electron chi connectivity index (χ1n) is 8.63. The number of carbonyl (C=O) groups is 1. The zero-order valence-electron chi connectivity index (χ0n) is 14.1. The molecule has 0 aliphatic carbocycles. The van der Waals surface area contributed by atoms with Crippen LogP contribution in [0.1, 0.15) is 70.8 Å². The molecular weight excluding hydrogens is 276 g/mol. The second-order valence-corrected chi connectivity index (χ2v) is 5.61. The van der Waals surface area contributed by atoms with Crippen molar-refractivity contribution >= 4 is 5.97 Å². The highest BCUT2D eigenvalue weighted by molar-refractivity contribution is 5.69. The average molecular weight is 306 g/mol. The Labute approximate surface area is 135 Å². The van der Waals surface area contributed by atoms with Gasteiger partial charge in [0.25, 0.3) is 0 Å². The van der Waals surface area contributed by atoms with Gasteiger partial charge >= 0.3 is 5.97 Å². The summed E-state index contributed by atoms with van der Waals surface area (Å²) in [6.07, 6.45) is 9.01. The van der Waals surface area contributed by atoms with Crippen LogP contribution in [0.2, 0.25) is 0 Å². The summed E-state index contributed by atoms with van der Waals surface area (Å²) in [5.41, 5.74) is 0.971. The molecule has 1 aromatic rings. The van der Waals surface area contributed by atoms with Gasteiger partial charge in [-0.1, -0.05) is 57.6 Å². The SMILES string of the molecule is CCCCCCCCCC(=O)OCc1cccc(OCC)c1. The smallest absolute Gasteiger partial charge is 0.306 e. The molecule has 0 radical (unpaired) electrons. The lowest BCUT2D eigenvalue weighted by atomic mass is 10.1. The van der Waals surface area contributed by atoms with E-state index in [2.05, 4.69) is 6.92 Å². The number of unbranched alkanes of at least 4 members (excludes halogenated alkanes) is 6. The molecule has 0 heterocycles. The van der Waals surface area contributed by atoms with Crippen molar-refractivity contribution in [3.63, 3.8) is 0 Å². The Hall–Kier alpha value is -1.51. The van der Waals surface area contributed by atoms with Crippen LogP contribution in [0.4, 0.5) is 0 Å². The van der Waals surface area contributed by atoms with E-state index < -0.39 is 0 Å². The van der Waals surface area contributed by atoms with E-state index in [0.29, 0.717) is 19.6 Å². The third-order valence-corrected chi connectivity index (χ3v) is 3.59. The van der Waals surface area contributed by atoms with Gasteiger partial charge in [-0.25, -0.2) is 0 Å². The van der Waals surface area contributed by atoms with Gasteiger partial charge in [0.2, 0.25) is 0 Å². The van der Waals surface area contributed by atoms with E-state index in [9.17, 15) is 4.79 Å². The van der Waals surface area contributed by atoms with Gasteiger partial charge in [-0.05, 0) is 31.0 Å². The van der Waals surface area contributed by atoms with E-state index in [1.165, 1.54) is 32.1 Å². The first kappa shape index (κ1) is 18.5. The average Bonchev–Trinajstić information content (AvgIpc) is 2.53. The van der Waals surface area contributed by atoms with Gasteiger partial charge < -0.3 is 9.47 Å². The van der Waals surface area contributed by atoms with Crippen molar-refractivity contribution < 1.29 is 14.3 Å². The standard InChI is InChI=1S/C19H30O3/c1-3-5-6-7-8-9-10-14-19(20)22-16-17-12-11-13-18(15-17)21-4-2/h11-13,15H,3-10,14,16H2,1-2H3. The summed E-state index contributed by atoms with van der Waals surface area (Å²) in [6, 6.07) is 7.70. The number of ether oxygens (including phenoxy) is 2. The predicted octanol–water partition coefficient (Wildman–Crippen LogP) is 5.27. The summed E-state index contributed by atoms with van der Waals surface area (Å²) < 4.78 is 10.7. The Morgan fingerprint density at radius 3 is 2.45 bits per heavy atom. The first-order chi connectivity index (χ1) is 10.8. The minimum absolute atomic E-state index is 0.102. The fraction of sp³-hybridized carbons (Fsp3) is 0.632. The Bertz CT molecular complexity index is 415. The largest absolute Gasteiger partial charge is 0.494 e. The van der Waals surface area contributed by atoms with Crippen LogP contribution in [0.15, 0.2) is 24.3 Å². The van der Waals surface area contributed by atoms with E-state index in [1.54, 1.807) is 0 Å². The van der Waals surface area contributed by atoms with Crippen molar-refractivity contribution in [1.29, 1.82) is 0 Å². The first-order valence-corrected chi connectivity index (χ1v) is 8.63. The Kier molecular flexibility index (Phi) is 10.2. The molecule has 0 aromatic heterocycles. The van der Waals surface area contributed by atoms with Crippen LogP contribution in [-0.4, -0.2) is 12.6 Å². The molecule has 124 valence electrons. The molecule has 1 aromatic carbocycles. The van der Waals surface area contributed by atoms with E-state index in [0.717, 1.165) is 24.2 Å². The lowest BCUT2D eigenvalue weighted by Crippen LogP contribution is -2.04. The molecule has 0 aliphatic heterocycles. The number of rotatable bonds is 12. The van der Waals surface area contributed by atoms with Crippen LogP contribution >= 0.6 is 0 Å². The van der Waals surface area contributed by atoms with Gasteiger partial charge in [-0.2, -0.15) is 0 Å². The molecule has 22 heavy (non-hydrogen) atoms. The second kappa shape index (κ2) is 12.1. The van der Waals surface area contributed by atoms with E-state index in [-0.39, 0.29) is 5.97 Å². The summed E-state index contributed by atoms with van der Waals surface area (Å²) in [5.74, 6) is 0.721.